The molecule has 2 heterocycles. The van der Waals surface area contributed by atoms with Crippen LogP contribution in [0.25, 0.3) is 11.2 Å². The molecule has 0 saturated carbocycles. The summed E-state index contributed by atoms with van der Waals surface area (Å²) in [6.45, 7) is 3.28. The van der Waals surface area contributed by atoms with Gasteiger partial charge in [0.05, 0.1) is 6.54 Å². The number of hydrogen-bond donors (Lipinski definition) is 2. The molecule has 1 aliphatic rings. The number of nitrogens with two attached hydrogens (primary N) is 1. The molecule has 0 spiro atoms. The van der Waals surface area contributed by atoms with E-state index in [-0.39, 0.29) is 5.92 Å². The number of fused-ring (bicyclic) bond motifs is 1. The first-order valence-electron chi connectivity index (χ1n) is 7.38. The summed E-state index contributed by atoms with van der Waals surface area (Å²) in [4.78, 5) is 23.9. The molecule has 0 aliphatic heterocycles. The van der Waals surface area contributed by atoms with Gasteiger partial charge in [0.25, 0.3) is 0 Å². The van der Waals surface area contributed by atoms with Gasteiger partial charge < -0.3 is 15.8 Å². The van der Waals surface area contributed by atoms with Crippen molar-refractivity contribution < 1.29 is 4.79 Å². The average molecular weight is 377 g/mol. The summed E-state index contributed by atoms with van der Waals surface area (Å²) in [7, 11) is 0. The van der Waals surface area contributed by atoms with Gasteiger partial charge in [-0.05, 0) is 34.8 Å². The van der Waals surface area contributed by atoms with Gasteiger partial charge in [0.1, 0.15) is 6.29 Å². The number of halogens is 1. The van der Waals surface area contributed by atoms with Gasteiger partial charge in [-0.2, -0.15) is 9.97 Å². The smallest absolute Gasteiger partial charge is 0.226 e. The van der Waals surface area contributed by atoms with Crippen molar-refractivity contribution in [2.75, 3.05) is 17.6 Å². The van der Waals surface area contributed by atoms with Crippen LogP contribution in [0.5, 0.6) is 0 Å². The summed E-state index contributed by atoms with van der Waals surface area (Å²) in [5.74, 6) is 0.806. The van der Waals surface area contributed by atoms with Crippen LogP contribution in [0.4, 0.5) is 11.8 Å². The van der Waals surface area contributed by atoms with Crippen LogP contribution in [0.1, 0.15) is 13.3 Å². The predicted molar refractivity (Wildman–Crippen MR) is 93.0 cm³/mol. The van der Waals surface area contributed by atoms with Crippen LogP contribution in [0.15, 0.2) is 28.5 Å². The van der Waals surface area contributed by atoms with Crippen molar-refractivity contribution in [2.24, 2.45) is 5.92 Å². The number of imidazole rings is 1. The Balaban J connectivity index is 1.97. The van der Waals surface area contributed by atoms with Crippen molar-refractivity contribution in [3.8, 4) is 0 Å². The van der Waals surface area contributed by atoms with E-state index >= 15 is 0 Å². The van der Waals surface area contributed by atoms with E-state index in [1.54, 1.807) is 0 Å². The lowest BCUT2D eigenvalue weighted by atomic mass is 9.98. The number of allylic oxidation sites excluding steroid dienone is 4. The zero-order chi connectivity index (χ0) is 16.4. The molecule has 3 rings (SSSR count). The minimum atomic E-state index is -0.0277. The van der Waals surface area contributed by atoms with Crippen LogP contribution in [-0.2, 0) is 11.3 Å². The van der Waals surface area contributed by atoms with Crippen molar-refractivity contribution in [3.05, 3.63) is 28.5 Å². The Morgan fingerprint density at radius 2 is 2.30 bits per heavy atom. The van der Waals surface area contributed by atoms with Crippen LogP contribution in [0, 0.1) is 5.92 Å². The topological polar surface area (TPSA) is 98.7 Å². The van der Waals surface area contributed by atoms with Crippen LogP contribution in [0.2, 0.25) is 0 Å². The zero-order valence-electron chi connectivity index (χ0n) is 12.7. The lowest BCUT2D eigenvalue weighted by Gasteiger charge is -2.13. The summed E-state index contributed by atoms with van der Waals surface area (Å²) in [5.41, 5.74) is 8.33. The monoisotopic (exact) mass is 376 g/mol. The van der Waals surface area contributed by atoms with Gasteiger partial charge in [0, 0.05) is 12.5 Å². The number of nitrogen functional groups attached to an aromatic ring is 1. The van der Waals surface area contributed by atoms with Crippen LogP contribution in [0.3, 0.4) is 0 Å². The zero-order valence-corrected chi connectivity index (χ0v) is 14.2. The van der Waals surface area contributed by atoms with Gasteiger partial charge in [-0.1, -0.05) is 18.2 Å². The lowest BCUT2D eigenvalue weighted by molar-refractivity contribution is -0.109. The normalized spacial score (nSPS) is 17.3. The highest BCUT2D eigenvalue weighted by Crippen LogP contribution is 2.26. The average Bonchev–Trinajstić information content (AvgIpc) is 2.86. The van der Waals surface area contributed by atoms with E-state index in [4.69, 9.17) is 5.73 Å². The van der Waals surface area contributed by atoms with E-state index in [9.17, 15) is 4.79 Å². The number of nitrogens with one attached hydrogen (secondary N) is 1. The fourth-order valence-corrected chi connectivity index (χ4v) is 2.93. The van der Waals surface area contributed by atoms with E-state index in [0.29, 0.717) is 40.8 Å². The molecule has 8 heteroatoms. The van der Waals surface area contributed by atoms with Crippen LogP contribution in [-0.4, -0.2) is 32.3 Å². The predicted octanol–water partition coefficient (Wildman–Crippen LogP) is 2.30. The maximum Gasteiger partial charge on any atom is 0.226 e. The van der Waals surface area contributed by atoms with Gasteiger partial charge in [-0.3, -0.25) is 4.57 Å². The molecule has 1 atom stereocenters. The fourth-order valence-electron chi connectivity index (χ4n) is 2.45. The number of hydrogen-bond acceptors (Lipinski definition) is 6. The molecule has 3 N–H and O–H groups in total. The Labute approximate surface area is 141 Å². The quantitative estimate of drug-likeness (QED) is 0.613. The summed E-state index contributed by atoms with van der Waals surface area (Å²) in [6.07, 6.45) is 7.63. The molecule has 0 radical (unpaired) electrons. The Hall–Kier alpha value is -2.22. The second-order valence-electron chi connectivity index (χ2n) is 5.28. The Morgan fingerprint density at radius 1 is 1.48 bits per heavy atom. The Morgan fingerprint density at radius 3 is 2.96 bits per heavy atom. The van der Waals surface area contributed by atoms with Gasteiger partial charge in [0.15, 0.2) is 21.7 Å². The number of aldehydes is 1. The molecule has 7 nitrogen and oxygen atoms in total. The second-order valence-corrected chi connectivity index (χ2v) is 5.99. The van der Waals surface area contributed by atoms with Crippen molar-refractivity contribution in [1.82, 2.24) is 19.5 Å². The number of nitrogens with zero attached hydrogens (tertiary/aromatic N) is 4. The van der Waals surface area contributed by atoms with E-state index in [1.807, 2.05) is 23.6 Å². The van der Waals surface area contributed by atoms with E-state index in [0.717, 1.165) is 18.3 Å². The number of rotatable bonds is 5. The molecule has 0 fully saturated rings. The third kappa shape index (κ3) is 3.12. The van der Waals surface area contributed by atoms with Gasteiger partial charge in [0.2, 0.25) is 5.95 Å². The molecular weight excluding hydrogens is 360 g/mol. The summed E-state index contributed by atoms with van der Waals surface area (Å²) in [6, 6.07) is 0. The Bertz CT molecular complexity index is 810. The molecule has 2 aromatic heterocycles. The first kappa shape index (κ1) is 15.7. The molecule has 0 amide bonds. The SMILES string of the molecule is CCNc1nc(N)c2nc(Br)n(CC3=CCC(C=O)C=C3)c2n1. The van der Waals surface area contributed by atoms with Gasteiger partial charge in [-0.15, -0.1) is 0 Å². The van der Waals surface area contributed by atoms with Gasteiger partial charge >= 0.3 is 0 Å². The molecule has 0 aromatic carbocycles. The minimum absolute atomic E-state index is 0.0277. The van der Waals surface area contributed by atoms with Crippen molar-refractivity contribution >= 4 is 45.1 Å². The summed E-state index contributed by atoms with van der Waals surface area (Å²) >= 11 is 3.46. The maximum absolute atomic E-state index is 10.8. The first-order valence-corrected chi connectivity index (χ1v) is 8.17. The largest absolute Gasteiger partial charge is 0.382 e. The fraction of sp³-hybridized carbons (Fsp3) is 0.333. The lowest BCUT2D eigenvalue weighted by Crippen LogP contribution is -2.09. The molecule has 2 aromatic rings. The summed E-state index contributed by atoms with van der Waals surface area (Å²) < 4.78 is 2.58. The van der Waals surface area contributed by atoms with Crippen LogP contribution < -0.4 is 11.1 Å². The number of carbonyl (C=O) groups is 1. The molecule has 0 bridgehead atoms. The number of anilines is 2. The minimum Gasteiger partial charge on any atom is -0.382 e. The highest BCUT2D eigenvalue weighted by Gasteiger charge is 2.16. The Kier molecular flexibility index (Phi) is 4.42. The number of carbonyl (C=O) groups excluding carboxylic acids is 1. The van der Waals surface area contributed by atoms with Crippen LogP contribution >= 0.6 is 15.9 Å². The molecule has 23 heavy (non-hydrogen) atoms. The molecule has 1 aliphatic carbocycles. The number of aromatic nitrogens is 4. The highest BCUT2D eigenvalue weighted by atomic mass is 79.9. The van der Waals surface area contributed by atoms with Gasteiger partial charge in [-0.25, -0.2) is 4.98 Å². The standard InChI is InChI=1S/C15H17BrN6O/c1-2-18-15-20-12(17)11-13(21-15)22(14(16)19-11)7-9-3-5-10(8-23)6-4-9/h3-5,8,10H,2,6-7H2,1H3,(H3,17,18,20,21). The third-order valence-electron chi connectivity index (χ3n) is 3.64. The molecule has 1 unspecified atom stereocenters. The van der Waals surface area contributed by atoms with Crippen molar-refractivity contribution in [3.63, 3.8) is 0 Å². The van der Waals surface area contributed by atoms with E-state index in [1.165, 1.54) is 0 Å². The summed E-state index contributed by atoms with van der Waals surface area (Å²) in [5, 5.41) is 3.07. The molecule has 120 valence electrons. The highest BCUT2D eigenvalue weighted by molar-refractivity contribution is 9.10. The van der Waals surface area contributed by atoms with Crippen molar-refractivity contribution in [1.29, 1.82) is 0 Å². The van der Waals surface area contributed by atoms with E-state index < -0.39 is 0 Å². The molecule has 0 saturated heterocycles. The van der Waals surface area contributed by atoms with E-state index in [2.05, 4.69) is 42.3 Å². The first-order chi connectivity index (χ1) is 11.1. The third-order valence-corrected chi connectivity index (χ3v) is 4.24. The van der Waals surface area contributed by atoms with Crippen molar-refractivity contribution in [2.45, 2.75) is 19.9 Å². The maximum atomic E-state index is 10.8. The molecular formula is C15H17BrN6O. The second kappa shape index (κ2) is 6.49.